The molecule has 5 heteroatoms. The molecule has 1 aliphatic rings. The van der Waals surface area contributed by atoms with Gasteiger partial charge in [-0.15, -0.1) is 0 Å². The lowest BCUT2D eigenvalue weighted by molar-refractivity contribution is -0.121. The van der Waals surface area contributed by atoms with Crippen LogP contribution in [-0.4, -0.2) is 30.0 Å². The molecular weight excluding hydrogens is 250 g/mol. The molecule has 1 aromatic rings. The number of nitrogens with one attached hydrogen (secondary N) is 1. The average molecular weight is 268 g/mol. The fraction of sp³-hybridized carbons (Fsp3) is 0.538. The number of carbonyl (C=O) groups is 1. The maximum absolute atomic E-state index is 11.4. The zero-order valence-electron chi connectivity index (χ0n) is 10.5. The summed E-state index contributed by atoms with van der Waals surface area (Å²) in [5.74, 6) is 0.120. The third-order valence-electron chi connectivity index (χ3n) is 3.18. The molecule has 1 unspecified atom stereocenters. The van der Waals surface area contributed by atoms with Crippen molar-refractivity contribution in [3.05, 3.63) is 23.5 Å². The molecule has 0 aliphatic carbocycles. The van der Waals surface area contributed by atoms with Crippen LogP contribution in [0.5, 0.6) is 0 Å². The van der Waals surface area contributed by atoms with Crippen molar-refractivity contribution in [2.24, 2.45) is 0 Å². The van der Waals surface area contributed by atoms with Crippen LogP contribution in [0.1, 0.15) is 26.2 Å². The third-order valence-corrected chi connectivity index (χ3v) is 3.39. The summed E-state index contributed by atoms with van der Waals surface area (Å²) in [4.78, 5) is 17.6. The van der Waals surface area contributed by atoms with Crippen LogP contribution in [0.25, 0.3) is 0 Å². The molecule has 1 saturated heterocycles. The topological polar surface area (TPSA) is 45.2 Å². The number of amides is 1. The lowest BCUT2D eigenvalue weighted by atomic mass is 10.0. The number of halogens is 1. The fourth-order valence-corrected chi connectivity index (χ4v) is 2.42. The molecule has 1 N–H and O–H groups in total. The number of rotatable bonds is 3. The van der Waals surface area contributed by atoms with Gasteiger partial charge >= 0.3 is 0 Å². The number of carbonyl (C=O) groups excluding carboxylic acids is 1. The highest BCUT2D eigenvalue weighted by atomic mass is 35.5. The third kappa shape index (κ3) is 3.35. The van der Waals surface area contributed by atoms with Crippen molar-refractivity contribution >= 4 is 23.2 Å². The average Bonchev–Trinajstić information content (AvgIpc) is 2.39. The first-order chi connectivity index (χ1) is 8.69. The molecule has 1 amide bonds. The molecule has 0 aromatic carbocycles. The van der Waals surface area contributed by atoms with Gasteiger partial charge in [0.05, 0.1) is 0 Å². The van der Waals surface area contributed by atoms with E-state index in [2.05, 4.69) is 15.2 Å². The molecule has 98 valence electrons. The minimum atomic E-state index is 0.120. The molecule has 2 rings (SSSR count). The van der Waals surface area contributed by atoms with Crippen molar-refractivity contribution in [2.45, 2.75) is 32.2 Å². The molecule has 1 fully saturated rings. The van der Waals surface area contributed by atoms with Gasteiger partial charge in [0.2, 0.25) is 5.91 Å². The van der Waals surface area contributed by atoms with Crippen molar-refractivity contribution in [1.82, 2.24) is 10.3 Å². The zero-order chi connectivity index (χ0) is 13.0. The minimum Gasteiger partial charge on any atom is -0.369 e. The van der Waals surface area contributed by atoms with Gasteiger partial charge in [-0.25, -0.2) is 4.98 Å². The van der Waals surface area contributed by atoms with E-state index in [9.17, 15) is 4.79 Å². The molecule has 18 heavy (non-hydrogen) atoms. The van der Waals surface area contributed by atoms with Gasteiger partial charge in [-0.05, 0) is 25.0 Å². The Labute approximate surface area is 112 Å². The van der Waals surface area contributed by atoms with Gasteiger partial charge < -0.3 is 10.2 Å². The first-order valence-corrected chi connectivity index (χ1v) is 6.72. The highest BCUT2D eigenvalue weighted by molar-refractivity contribution is 6.29. The van der Waals surface area contributed by atoms with Gasteiger partial charge in [0.25, 0.3) is 0 Å². The fourth-order valence-electron chi connectivity index (χ4n) is 2.25. The number of hydrogen-bond donors (Lipinski definition) is 1. The van der Waals surface area contributed by atoms with Crippen LogP contribution in [0.2, 0.25) is 5.15 Å². The van der Waals surface area contributed by atoms with Crippen molar-refractivity contribution < 1.29 is 4.79 Å². The van der Waals surface area contributed by atoms with E-state index in [0.29, 0.717) is 11.6 Å². The standard InChI is InChI=1S/C13H18ClN3O/c1-2-13(18)16-10-4-3-7-17(9-10)11-5-6-15-12(14)8-11/h5-6,8,10H,2-4,7,9H2,1H3,(H,16,18). The Morgan fingerprint density at radius 1 is 1.67 bits per heavy atom. The number of piperidine rings is 1. The number of pyridine rings is 1. The summed E-state index contributed by atoms with van der Waals surface area (Å²) in [7, 11) is 0. The Hall–Kier alpha value is -1.29. The first-order valence-electron chi connectivity index (χ1n) is 6.35. The summed E-state index contributed by atoms with van der Waals surface area (Å²) in [6.07, 6.45) is 4.37. The predicted molar refractivity (Wildman–Crippen MR) is 72.9 cm³/mol. The predicted octanol–water partition coefficient (Wildman–Crippen LogP) is 2.23. The number of anilines is 1. The van der Waals surface area contributed by atoms with Gasteiger partial charge in [0.15, 0.2) is 0 Å². The zero-order valence-corrected chi connectivity index (χ0v) is 11.3. The number of aromatic nitrogens is 1. The SMILES string of the molecule is CCC(=O)NC1CCCN(c2ccnc(Cl)c2)C1. The Morgan fingerprint density at radius 3 is 3.22 bits per heavy atom. The monoisotopic (exact) mass is 267 g/mol. The Balaban J connectivity index is 2.00. The Kier molecular flexibility index (Phi) is 4.42. The van der Waals surface area contributed by atoms with Gasteiger partial charge in [-0.2, -0.15) is 0 Å². The first kappa shape index (κ1) is 13.1. The normalized spacial score (nSPS) is 19.7. The Morgan fingerprint density at radius 2 is 2.50 bits per heavy atom. The van der Waals surface area contributed by atoms with E-state index in [0.717, 1.165) is 31.6 Å². The molecule has 2 heterocycles. The minimum absolute atomic E-state index is 0.120. The van der Waals surface area contributed by atoms with Crippen molar-refractivity contribution in [3.63, 3.8) is 0 Å². The molecule has 1 aromatic heterocycles. The van der Waals surface area contributed by atoms with Crippen LogP contribution in [-0.2, 0) is 4.79 Å². The summed E-state index contributed by atoms with van der Waals surface area (Å²) < 4.78 is 0. The molecular formula is C13H18ClN3O. The largest absolute Gasteiger partial charge is 0.369 e. The van der Waals surface area contributed by atoms with Crippen LogP contribution >= 0.6 is 11.6 Å². The smallest absolute Gasteiger partial charge is 0.219 e. The van der Waals surface area contributed by atoms with E-state index < -0.39 is 0 Å². The molecule has 0 saturated carbocycles. The molecule has 4 nitrogen and oxygen atoms in total. The molecule has 1 aliphatic heterocycles. The van der Waals surface area contributed by atoms with Crippen LogP contribution in [0, 0.1) is 0 Å². The lowest BCUT2D eigenvalue weighted by Crippen LogP contribution is -2.47. The van der Waals surface area contributed by atoms with E-state index in [1.54, 1.807) is 6.20 Å². The molecule has 1 atom stereocenters. The quantitative estimate of drug-likeness (QED) is 0.855. The highest BCUT2D eigenvalue weighted by Gasteiger charge is 2.21. The maximum Gasteiger partial charge on any atom is 0.219 e. The highest BCUT2D eigenvalue weighted by Crippen LogP contribution is 2.21. The van der Waals surface area contributed by atoms with Gasteiger partial charge in [-0.3, -0.25) is 4.79 Å². The van der Waals surface area contributed by atoms with Crippen molar-refractivity contribution in [1.29, 1.82) is 0 Å². The van der Waals surface area contributed by atoms with Gasteiger partial charge in [0.1, 0.15) is 5.15 Å². The Bertz CT molecular complexity index is 424. The molecule has 0 radical (unpaired) electrons. The molecule has 0 bridgehead atoms. The van der Waals surface area contributed by atoms with Crippen LogP contribution in [0.4, 0.5) is 5.69 Å². The summed E-state index contributed by atoms with van der Waals surface area (Å²) in [5.41, 5.74) is 1.07. The summed E-state index contributed by atoms with van der Waals surface area (Å²) in [5, 5.41) is 3.56. The van der Waals surface area contributed by atoms with Crippen LogP contribution < -0.4 is 10.2 Å². The lowest BCUT2D eigenvalue weighted by Gasteiger charge is -2.34. The summed E-state index contributed by atoms with van der Waals surface area (Å²) >= 11 is 5.90. The second-order valence-electron chi connectivity index (χ2n) is 4.54. The maximum atomic E-state index is 11.4. The van der Waals surface area contributed by atoms with Crippen molar-refractivity contribution in [2.75, 3.05) is 18.0 Å². The van der Waals surface area contributed by atoms with E-state index in [-0.39, 0.29) is 11.9 Å². The van der Waals surface area contributed by atoms with Gasteiger partial charge in [-0.1, -0.05) is 18.5 Å². The summed E-state index contributed by atoms with van der Waals surface area (Å²) in [6, 6.07) is 4.06. The van der Waals surface area contributed by atoms with Gasteiger partial charge in [0, 0.05) is 37.4 Å². The van der Waals surface area contributed by atoms with E-state index >= 15 is 0 Å². The summed E-state index contributed by atoms with van der Waals surface area (Å²) in [6.45, 7) is 3.71. The number of hydrogen-bond acceptors (Lipinski definition) is 3. The second-order valence-corrected chi connectivity index (χ2v) is 4.93. The van der Waals surface area contributed by atoms with Crippen LogP contribution in [0.3, 0.4) is 0 Å². The van der Waals surface area contributed by atoms with E-state index in [1.165, 1.54) is 0 Å². The second kappa shape index (κ2) is 6.05. The van der Waals surface area contributed by atoms with E-state index in [4.69, 9.17) is 11.6 Å². The van der Waals surface area contributed by atoms with Crippen molar-refractivity contribution in [3.8, 4) is 0 Å². The number of nitrogens with zero attached hydrogens (tertiary/aromatic N) is 2. The van der Waals surface area contributed by atoms with Crippen LogP contribution in [0.15, 0.2) is 18.3 Å². The molecule has 0 spiro atoms. The van der Waals surface area contributed by atoms with E-state index in [1.807, 2.05) is 19.1 Å².